The standard InChI is InChI=1S/C28H32F2N6O8S/c29-15-5-1-3-13(7-15)17(33-31)9-32-21-23(39)19(11-37)43-27(25(21)41)45-28-26(42)22(24(40)20(12-38)44-28)36-10-18(34-35-36)14-4-2-6-16(30)8-14/h1-10,19-28,37-42H,11-12,31H2/t19?,20-,21?,22?,23+,24?,25?,26-,27+,28?/m1/s1. The Hall–Kier alpha value is -3.39. The van der Waals surface area contributed by atoms with Gasteiger partial charge in [-0.2, -0.15) is 5.10 Å². The van der Waals surface area contributed by atoms with E-state index in [9.17, 15) is 39.4 Å². The molecule has 2 aliphatic rings. The molecule has 242 valence electrons. The summed E-state index contributed by atoms with van der Waals surface area (Å²) in [5, 5.41) is 75.8. The van der Waals surface area contributed by atoms with E-state index in [-0.39, 0.29) is 17.0 Å². The third-order valence-corrected chi connectivity index (χ3v) is 8.85. The van der Waals surface area contributed by atoms with Gasteiger partial charge in [-0.1, -0.05) is 41.2 Å². The van der Waals surface area contributed by atoms with Gasteiger partial charge in [-0.05, 0) is 24.3 Å². The van der Waals surface area contributed by atoms with Crippen molar-refractivity contribution in [1.82, 2.24) is 15.0 Å². The maximum atomic E-state index is 13.8. The van der Waals surface area contributed by atoms with Crippen LogP contribution in [-0.4, -0.2) is 124 Å². The lowest BCUT2D eigenvalue weighted by Gasteiger charge is -2.45. The summed E-state index contributed by atoms with van der Waals surface area (Å²) in [4.78, 5) is 4.23. The van der Waals surface area contributed by atoms with Gasteiger partial charge < -0.3 is 46.0 Å². The zero-order chi connectivity index (χ0) is 32.2. The number of hydrogen-bond acceptors (Lipinski definition) is 14. The third kappa shape index (κ3) is 7.06. The molecule has 17 heteroatoms. The second kappa shape index (κ2) is 14.4. The van der Waals surface area contributed by atoms with E-state index in [1.807, 2.05) is 0 Å². The number of aromatic nitrogens is 3. The predicted octanol–water partition coefficient (Wildman–Crippen LogP) is -0.822. The van der Waals surface area contributed by atoms with Gasteiger partial charge in [0, 0.05) is 17.3 Å². The second-order valence-corrected chi connectivity index (χ2v) is 11.6. The molecule has 10 atom stereocenters. The van der Waals surface area contributed by atoms with Gasteiger partial charge in [-0.15, -0.1) is 5.10 Å². The van der Waals surface area contributed by atoms with Gasteiger partial charge in [0.25, 0.3) is 0 Å². The number of rotatable bonds is 9. The summed E-state index contributed by atoms with van der Waals surface area (Å²) in [7, 11) is 0. The fraction of sp³-hybridized carbons (Fsp3) is 0.429. The molecule has 3 heterocycles. The highest BCUT2D eigenvalue weighted by Gasteiger charge is 2.50. The average molecular weight is 651 g/mol. The molecule has 0 spiro atoms. The minimum absolute atomic E-state index is 0.0456. The van der Waals surface area contributed by atoms with Crippen LogP contribution in [-0.2, 0) is 9.47 Å². The van der Waals surface area contributed by atoms with Crippen LogP contribution in [0.25, 0.3) is 11.3 Å². The summed E-state index contributed by atoms with van der Waals surface area (Å²) < 4.78 is 40.2. The second-order valence-electron chi connectivity index (χ2n) is 10.4. The van der Waals surface area contributed by atoms with E-state index in [4.69, 9.17) is 15.3 Å². The van der Waals surface area contributed by atoms with Crippen LogP contribution < -0.4 is 5.84 Å². The molecule has 2 aromatic carbocycles. The zero-order valence-electron chi connectivity index (χ0n) is 23.4. The first-order valence-electron chi connectivity index (χ1n) is 13.8. The number of aliphatic imine (C=N–C) groups is 1. The molecule has 14 nitrogen and oxygen atoms in total. The van der Waals surface area contributed by atoms with E-state index in [2.05, 4.69) is 20.4 Å². The molecule has 0 amide bonds. The molecule has 2 fully saturated rings. The van der Waals surface area contributed by atoms with Crippen molar-refractivity contribution in [2.24, 2.45) is 15.9 Å². The largest absolute Gasteiger partial charge is 0.394 e. The van der Waals surface area contributed by atoms with E-state index < -0.39 is 84.4 Å². The lowest BCUT2D eigenvalue weighted by atomic mass is 9.97. The van der Waals surface area contributed by atoms with E-state index >= 15 is 0 Å². The molecule has 2 saturated heterocycles. The molecule has 0 saturated carbocycles. The zero-order valence-corrected chi connectivity index (χ0v) is 24.3. The van der Waals surface area contributed by atoms with E-state index in [0.29, 0.717) is 5.56 Å². The number of ether oxygens (including phenoxy) is 2. The van der Waals surface area contributed by atoms with Gasteiger partial charge >= 0.3 is 0 Å². The number of aliphatic hydroxyl groups is 6. The minimum atomic E-state index is -1.55. The summed E-state index contributed by atoms with van der Waals surface area (Å²) in [5.41, 5.74) is -1.51. The molecule has 0 aliphatic carbocycles. The SMILES string of the molecule is NN=C(C=NC1C(O)[C@H](SC2O[C@H](CO)C(O)C(n3cc(-c4cccc(F)c4)nn3)[C@H]2O)OC(CO)[C@@H]1O)c1cccc(F)c1. The summed E-state index contributed by atoms with van der Waals surface area (Å²) in [6, 6.07) is 8.49. The number of thioether (sulfide) groups is 1. The number of nitrogens with two attached hydrogens (primary N) is 1. The fourth-order valence-electron chi connectivity index (χ4n) is 5.17. The van der Waals surface area contributed by atoms with Crippen molar-refractivity contribution in [3.8, 4) is 11.3 Å². The lowest BCUT2D eigenvalue weighted by molar-refractivity contribution is -0.183. The molecule has 5 rings (SSSR count). The first-order chi connectivity index (χ1) is 21.6. The van der Waals surface area contributed by atoms with Gasteiger partial charge in [0.1, 0.15) is 82.6 Å². The molecular formula is C28H32F2N6O8S. The Bertz CT molecular complexity index is 1520. The number of nitrogens with zero attached hydrogens (tertiary/aromatic N) is 5. The molecule has 3 aromatic rings. The van der Waals surface area contributed by atoms with Crippen molar-refractivity contribution >= 4 is 23.7 Å². The van der Waals surface area contributed by atoms with Crippen LogP contribution in [0.2, 0.25) is 0 Å². The molecule has 0 radical (unpaired) electrons. The Labute approximate surface area is 259 Å². The van der Waals surface area contributed by atoms with Crippen LogP contribution in [0.15, 0.2) is 64.8 Å². The number of hydrazone groups is 1. The van der Waals surface area contributed by atoms with Crippen molar-refractivity contribution in [1.29, 1.82) is 0 Å². The molecule has 6 unspecified atom stereocenters. The fourth-order valence-corrected chi connectivity index (χ4v) is 6.49. The van der Waals surface area contributed by atoms with Gasteiger partial charge in [-0.25, -0.2) is 13.5 Å². The first kappa shape index (κ1) is 33.0. The summed E-state index contributed by atoms with van der Waals surface area (Å²) in [6.45, 7) is -1.30. The summed E-state index contributed by atoms with van der Waals surface area (Å²) >= 11 is 0.767. The van der Waals surface area contributed by atoms with Crippen molar-refractivity contribution in [3.05, 3.63) is 71.9 Å². The Morgan fingerprint density at radius 3 is 2.20 bits per heavy atom. The average Bonchev–Trinajstić information content (AvgIpc) is 3.51. The summed E-state index contributed by atoms with van der Waals surface area (Å²) in [5.74, 6) is 4.43. The van der Waals surface area contributed by atoms with Crippen LogP contribution in [0.4, 0.5) is 8.78 Å². The van der Waals surface area contributed by atoms with Crippen LogP contribution in [0.1, 0.15) is 11.6 Å². The highest BCUT2D eigenvalue weighted by molar-refractivity contribution is 8.00. The van der Waals surface area contributed by atoms with Crippen molar-refractivity contribution in [3.63, 3.8) is 0 Å². The quantitative estimate of drug-likeness (QED) is 0.0858. The van der Waals surface area contributed by atoms with Gasteiger partial charge in [0.15, 0.2) is 0 Å². The summed E-state index contributed by atoms with van der Waals surface area (Å²) in [6.07, 6.45) is -5.89. The molecule has 45 heavy (non-hydrogen) atoms. The topological polar surface area (TPSA) is 221 Å². The van der Waals surface area contributed by atoms with Crippen molar-refractivity contribution < 1.29 is 48.9 Å². The minimum Gasteiger partial charge on any atom is -0.394 e. The molecule has 0 bridgehead atoms. The maximum absolute atomic E-state index is 13.8. The molecular weight excluding hydrogens is 618 g/mol. The van der Waals surface area contributed by atoms with Crippen LogP contribution >= 0.6 is 11.8 Å². The number of benzene rings is 2. The van der Waals surface area contributed by atoms with Gasteiger partial charge in [0.2, 0.25) is 0 Å². The van der Waals surface area contributed by atoms with E-state index in [1.54, 1.807) is 6.07 Å². The molecule has 8 N–H and O–H groups in total. The highest BCUT2D eigenvalue weighted by Crippen LogP contribution is 2.40. The highest BCUT2D eigenvalue weighted by atomic mass is 32.2. The first-order valence-corrected chi connectivity index (χ1v) is 14.7. The van der Waals surface area contributed by atoms with Crippen LogP contribution in [0, 0.1) is 11.6 Å². The number of halogens is 2. The van der Waals surface area contributed by atoms with E-state index in [0.717, 1.165) is 18.0 Å². The van der Waals surface area contributed by atoms with Crippen molar-refractivity contribution in [2.45, 2.75) is 59.6 Å². The van der Waals surface area contributed by atoms with E-state index in [1.165, 1.54) is 53.3 Å². The Balaban J connectivity index is 1.37. The monoisotopic (exact) mass is 650 g/mol. The third-order valence-electron chi connectivity index (χ3n) is 7.53. The van der Waals surface area contributed by atoms with Gasteiger partial charge in [0.05, 0.1) is 19.4 Å². The Morgan fingerprint density at radius 1 is 0.911 bits per heavy atom. The lowest BCUT2D eigenvalue weighted by Crippen LogP contribution is -2.59. The Morgan fingerprint density at radius 2 is 1.56 bits per heavy atom. The predicted molar refractivity (Wildman–Crippen MR) is 157 cm³/mol. The molecule has 1 aromatic heterocycles. The number of aliphatic hydroxyl groups excluding tert-OH is 6. The Kier molecular flexibility index (Phi) is 10.5. The maximum Gasteiger partial charge on any atom is 0.134 e. The van der Waals surface area contributed by atoms with Crippen LogP contribution in [0.3, 0.4) is 0 Å². The van der Waals surface area contributed by atoms with Crippen molar-refractivity contribution in [2.75, 3.05) is 13.2 Å². The number of hydrogen-bond donors (Lipinski definition) is 7. The molecule has 2 aliphatic heterocycles. The van der Waals surface area contributed by atoms with Gasteiger partial charge in [-0.3, -0.25) is 4.99 Å². The smallest absolute Gasteiger partial charge is 0.134 e. The normalized spacial score (nSPS) is 32.7. The van der Waals surface area contributed by atoms with Crippen LogP contribution in [0.5, 0.6) is 0 Å².